The summed E-state index contributed by atoms with van der Waals surface area (Å²) in [7, 11) is 0. The van der Waals surface area contributed by atoms with Gasteiger partial charge in [0.25, 0.3) is 0 Å². The van der Waals surface area contributed by atoms with E-state index in [2.05, 4.69) is 10.3 Å². The molecule has 1 saturated carbocycles. The number of amides is 1. The van der Waals surface area contributed by atoms with E-state index in [1.165, 1.54) is 0 Å². The van der Waals surface area contributed by atoms with Crippen molar-refractivity contribution in [3.8, 4) is 5.88 Å². The zero-order valence-corrected chi connectivity index (χ0v) is 17.2. The first-order chi connectivity index (χ1) is 13.5. The van der Waals surface area contributed by atoms with Gasteiger partial charge in [-0.05, 0) is 50.5 Å². The summed E-state index contributed by atoms with van der Waals surface area (Å²) < 4.78 is 10.8. The summed E-state index contributed by atoms with van der Waals surface area (Å²) in [4.78, 5) is 17.7. The van der Waals surface area contributed by atoms with Crippen LogP contribution in [0.15, 0.2) is 36.4 Å². The number of aryl methyl sites for hydroxylation is 1. The van der Waals surface area contributed by atoms with Gasteiger partial charge in [-0.2, -0.15) is 0 Å². The van der Waals surface area contributed by atoms with Gasteiger partial charge in [0.15, 0.2) is 0 Å². The van der Waals surface area contributed by atoms with Gasteiger partial charge in [0, 0.05) is 17.7 Å². The van der Waals surface area contributed by atoms with Gasteiger partial charge in [-0.25, -0.2) is 4.98 Å². The van der Waals surface area contributed by atoms with Crippen LogP contribution in [-0.4, -0.2) is 30.7 Å². The number of rotatable bonds is 8. The number of nitrogens with one attached hydrogen (secondary N) is 1. The number of aromatic nitrogens is 1. The van der Waals surface area contributed by atoms with Crippen LogP contribution in [0.3, 0.4) is 0 Å². The Bertz CT molecular complexity index is 802. The molecule has 5 nitrogen and oxygen atoms in total. The Kier molecular flexibility index (Phi) is 6.92. The topological polar surface area (TPSA) is 60.5 Å². The van der Waals surface area contributed by atoms with Crippen molar-refractivity contribution in [2.45, 2.75) is 44.9 Å². The molecule has 0 radical (unpaired) electrons. The Labute approximate surface area is 171 Å². The molecule has 1 amide bonds. The first-order valence-corrected chi connectivity index (χ1v) is 10.2. The van der Waals surface area contributed by atoms with E-state index in [1.54, 1.807) is 6.07 Å². The Hall–Kier alpha value is -2.11. The maximum atomic E-state index is 13.3. The number of pyridine rings is 1. The molecule has 1 aromatic carbocycles. The normalized spacial score (nSPS) is 15.4. The molecule has 0 unspecified atom stereocenters. The molecule has 1 aromatic heterocycles. The van der Waals surface area contributed by atoms with Crippen molar-refractivity contribution < 1.29 is 14.3 Å². The molecule has 0 atom stereocenters. The van der Waals surface area contributed by atoms with Crippen LogP contribution >= 0.6 is 11.6 Å². The summed E-state index contributed by atoms with van der Waals surface area (Å²) in [5, 5.41) is 3.77. The summed E-state index contributed by atoms with van der Waals surface area (Å²) in [5.41, 5.74) is 1.95. The maximum Gasteiger partial charge on any atom is 0.235 e. The van der Waals surface area contributed by atoms with E-state index < -0.39 is 5.41 Å². The smallest absolute Gasteiger partial charge is 0.235 e. The molecule has 1 heterocycles. The average Bonchev–Trinajstić information content (AvgIpc) is 3.19. The molecule has 0 bridgehead atoms. The number of hydrogen-bond acceptors (Lipinski definition) is 4. The Morgan fingerprint density at radius 2 is 1.86 bits per heavy atom. The van der Waals surface area contributed by atoms with E-state index in [1.807, 2.05) is 44.2 Å². The summed E-state index contributed by atoms with van der Waals surface area (Å²) in [6, 6.07) is 11.3. The van der Waals surface area contributed by atoms with E-state index >= 15 is 0 Å². The standard InChI is InChI=1S/C22H27ClN2O3/c1-3-27-14-15-28-20-11-10-19(16(2)24-20)25-21(26)22(12-4-5-13-22)17-6-8-18(23)9-7-17/h6-11H,3-5,12-15H2,1-2H3,(H,25,26). The number of hydrogen-bond donors (Lipinski definition) is 1. The molecule has 1 fully saturated rings. The largest absolute Gasteiger partial charge is 0.475 e. The van der Waals surface area contributed by atoms with E-state index in [4.69, 9.17) is 21.1 Å². The van der Waals surface area contributed by atoms with E-state index in [0.717, 1.165) is 36.9 Å². The highest BCUT2D eigenvalue weighted by molar-refractivity contribution is 6.30. The van der Waals surface area contributed by atoms with E-state index in [0.29, 0.717) is 36.4 Å². The van der Waals surface area contributed by atoms with Crippen LogP contribution in [0.2, 0.25) is 5.02 Å². The number of nitrogens with zero attached hydrogens (tertiary/aromatic N) is 1. The van der Waals surface area contributed by atoms with Gasteiger partial charge in [-0.15, -0.1) is 0 Å². The van der Waals surface area contributed by atoms with Gasteiger partial charge >= 0.3 is 0 Å². The molecule has 28 heavy (non-hydrogen) atoms. The van der Waals surface area contributed by atoms with Crippen molar-refractivity contribution in [2.75, 3.05) is 25.1 Å². The Morgan fingerprint density at radius 1 is 1.14 bits per heavy atom. The molecular weight excluding hydrogens is 376 g/mol. The minimum Gasteiger partial charge on any atom is -0.475 e. The van der Waals surface area contributed by atoms with Gasteiger partial charge in [0.2, 0.25) is 11.8 Å². The van der Waals surface area contributed by atoms with Crippen LogP contribution in [0, 0.1) is 6.92 Å². The van der Waals surface area contributed by atoms with Crippen LogP contribution in [0.25, 0.3) is 0 Å². The second-order valence-electron chi connectivity index (χ2n) is 7.08. The fourth-order valence-electron chi connectivity index (χ4n) is 3.74. The lowest BCUT2D eigenvalue weighted by molar-refractivity contribution is -0.121. The monoisotopic (exact) mass is 402 g/mol. The summed E-state index contributed by atoms with van der Waals surface area (Å²) in [6.45, 7) is 5.46. The quantitative estimate of drug-likeness (QED) is 0.637. The van der Waals surface area contributed by atoms with Crippen molar-refractivity contribution in [3.63, 3.8) is 0 Å². The highest BCUT2D eigenvalue weighted by Crippen LogP contribution is 2.42. The van der Waals surface area contributed by atoms with Gasteiger partial charge < -0.3 is 14.8 Å². The van der Waals surface area contributed by atoms with Gasteiger partial charge in [-0.3, -0.25) is 4.79 Å². The lowest BCUT2D eigenvalue weighted by Crippen LogP contribution is -2.38. The maximum absolute atomic E-state index is 13.3. The Morgan fingerprint density at radius 3 is 2.50 bits per heavy atom. The van der Waals surface area contributed by atoms with Gasteiger partial charge in [0.05, 0.1) is 23.4 Å². The molecule has 1 aliphatic rings. The number of carbonyl (C=O) groups is 1. The molecule has 0 saturated heterocycles. The molecular formula is C22H27ClN2O3. The first-order valence-electron chi connectivity index (χ1n) is 9.81. The highest BCUT2D eigenvalue weighted by atomic mass is 35.5. The number of halogens is 1. The molecule has 6 heteroatoms. The van der Waals surface area contributed by atoms with E-state index in [9.17, 15) is 4.79 Å². The lowest BCUT2D eigenvalue weighted by atomic mass is 9.78. The predicted molar refractivity (Wildman–Crippen MR) is 111 cm³/mol. The third-order valence-electron chi connectivity index (χ3n) is 5.28. The molecule has 2 aromatic rings. The molecule has 150 valence electrons. The van der Waals surface area contributed by atoms with Crippen LogP contribution in [0.4, 0.5) is 5.69 Å². The van der Waals surface area contributed by atoms with Crippen molar-refractivity contribution >= 4 is 23.2 Å². The number of carbonyl (C=O) groups excluding carboxylic acids is 1. The second-order valence-corrected chi connectivity index (χ2v) is 7.51. The minimum atomic E-state index is -0.510. The van der Waals surface area contributed by atoms with Crippen LogP contribution in [0.1, 0.15) is 43.9 Å². The average molecular weight is 403 g/mol. The fraction of sp³-hybridized carbons (Fsp3) is 0.455. The number of ether oxygens (including phenoxy) is 2. The minimum absolute atomic E-state index is 0.0160. The number of benzene rings is 1. The first kappa shape index (κ1) is 20.6. The van der Waals surface area contributed by atoms with Crippen LogP contribution in [0.5, 0.6) is 5.88 Å². The van der Waals surface area contributed by atoms with Crippen molar-refractivity contribution in [3.05, 3.63) is 52.7 Å². The third-order valence-corrected chi connectivity index (χ3v) is 5.53. The van der Waals surface area contributed by atoms with Crippen molar-refractivity contribution in [1.82, 2.24) is 4.98 Å². The SMILES string of the molecule is CCOCCOc1ccc(NC(=O)C2(c3ccc(Cl)cc3)CCCC2)c(C)n1. The predicted octanol–water partition coefficient (Wildman–Crippen LogP) is 4.91. The summed E-state index contributed by atoms with van der Waals surface area (Å²) >= 11 is 6.03. The molecule has 0 aliphatic heterocycles. The van der Waals surface area contributed by atoms with Crippen LogP contribution < -0.4 is 10.1 Å². The molecule has 1 N–H and O–H groups in total. The highest BCUT2D eigenvalue weighted by Gasteiger charge is 2.42. The van der Waals surface area contributed by atoms with Gasteiger partial charge in [0.1, 0.15) is 6.61 Å². The molecule has 0 spiro atoms. The summed E-state index contributed by atoms with van der Waals surface area (Å²) in [6.07, 6.45) is 3.76. The van der Waals surface area contributed by atoms with Gasteiger partial charge in [-0.1, -0.05) is 36.6 Å². The van der Waals surface area contributed by atoms with Crippen molar-refractivity contribution in [2.24, 2.45) is 0 Å². The summed E-state index contributed by atoms with van der Waals surface area (Å²) in [5.74, 6) is 0.547. The fourth-order valence-corrected chi connectivity index (χ4v) is 3.86. The lowest BCUT2D eigenvalue weighted by Gasteiger charge is -2.28. The third kappa shape index (κ3) is 4.65. The van der Waals surface area contributed by atoms with Crippen molar-refractivity contribution in [1.29, 1.82) is 0 Å². The second kappa shape index (κ2) is 9.39. The zero-order chi connectivity index (χ0) is 20.0. The number of anilines is 1. The zero-order valence-electron chi connectivity index (χ0n) is 16.5. The van der Waals surface area contributed by atoms with E-state index in [-0.39, 0.29) is 5.91 Å². The Balaban J connectivity index is 1.72. The van der Waals surface area contributed by atoms with Crippen LogP contribution in [-0.2, 0) is 14.9 Å². The molecule has 1 aliphatic carbocycles. The molecule has 3 rings (SSSR count).